The summed E-state index contributed by atoms with van der Waals surface area (Å²) >= 11 is 13.4. The Hall–Kier alpha value is -4.93. The number of anilines is 1. The highest BCUT2D eigenvalue weighted by atomic mass is 35.5. The van der Waals surface area contributed by atoms with Gasteiger partial charge in [-0.05, 0) is 55.3 Å². The van der Waals surface area contributed by atoms with Gasteiger partial charge in [0.25, 0.3) is 5.91 Å². The molecule has 0 aliphatic heterocycles. The summed E-state index contributed by atoms with van der Waals surface area (Å²) in [5, 5.41) is 4.02. The van der Waals surface area contributed by atoms with Gasteiger partial charge in [0, 0.05) is 86.1 Å². The summed E-state index contributed by atoms with van der Waals surface area (Å²) in [5.74, 6) is 1.51. The summed E-state index contributed by atoms with van der Waals surface area (Å²) in [4.78, 5) is 47.9. The van der Waals surface area contributed by atoms with Crippen molar-refractivity contribution in [2.45, 2.75) is 45.8 Å². The SMILES string of the molecule is CNC(=O)c1ccc(CCC(=O)CCC(=O)N(C)c2ccc(Cl)c(COc3cccc4c(OCc5nccn5C)cc(C)nc34)c2Cl)cc1. The summed E-state index contributed by atoms with van der Waals surface area (Å²) in [7, 11) is 5.10. The van der Waals surface area contributed by atoms with Gasteiger partial charge in [0.2, 0.25) is 5.91 Å². The number of nitrogens with one attached hydrogen (secondary N) is 1. The van der Waals surface area contributed by atoms with Crippen LogP contribution in [0, 0.1) is 6.92 Å². The van der Waals surface area contributed by atoms with E-state index in [1.54, 1.807) is 44.6 Å². The van der Waals surface area contributed by atoms with Crippen LogP contribution in [0.15, 0.2) is 73.1 Å². The molecule has 3 aromatic carbocycles. The fraction of sp³-hybridized carbons (Fsp3) is 0.270. The molecule has 0 atom stereocenters. The Kier molecular flexibility index (Phi) is 11.5. The lowest BCUT2D eigenvalue weighted by Crippen LogP contribution is -2.27. The molecule has 2 amide bonds. The van der Waals surface area contributed by atoms with Crippen LogP contribution >= 0.6 is 23.2 Å². The Labute approximate surface area is 295 Å². The first-order valence-corrected chi connectivity index (χ1v) is 16.5. The van der Waals surface area contributed by atoms with E-state index in [2.05, 4.69) is 10.3 Å². The maximum atomic E-state index is 13.1. The number of hydrogen-bond acceptors (Lipinski definition) is 7. The minimum Gasteiger partial charge on any atom is -0.487 e. The number of ether oxygens (including phenoxy) is 2. The van der Waals surface area contributed by atoms with E-state index >= 15 is 0 Å². The van der Waals surface area contributed by atoms with Gasteiger partial charge in [-0.3, -0.25) is 14.4 Å². The number of ketones is 1. The summed E-state index contributed by atoms with van der Waals surface area (Å²) in [6.07, 6.45) is 4.53. The number of aromatic nitrogens is 3. The van der Waals surface area contributed by atoms with Crippen LogP contribution in [0.4, 0.5) is 5.69 Å². The zero-order valence-electron chi connectivity index (χ0n) is 27.8. The second kappa shape index (κ2) is 16.0. The number of nitrogens with zero attached hydrogens (tertiary/aromatic N) is 4. The topological polar surface area (TPSA) is 116 Å². The minimum absolute atomic E-state index is 0.0221. The normalized spacial score (nSPS) is 11.0. The van der Waals surface area contributed by atoms with Crippen molar-refractivity contribution >= 4 is 57.4 Å². The number of benzene rings is 3. The number of Topliss-reactive ketones (excluding diaryl/α,β-unsaturated/α-hetero) is 1. The van der Waals surface area contributed by atoms with Crippen LogP contribution in [0.5, 0.6) is 11.5 Å². The lowest BCUT2D eigenvalue weighted by atomic mass is 10.0. The Balaban J connectivity index is 1.22. The second-order valence-corrected chi connectivity index (χ2v) is 12.4. The third-order valence-corrected chi connectivity index (χ3v) is 8.97. The number of carbonyl (C=O) groups excluding carboxylic acids is 3. The minimum atomic E-state index is -0.258. The van der Waals surface area contributed by atoms with Gasteiger partial charge in [0.1, 0.15) is 41.8 Å². The predicted octanol–water partition coefficient (Wildman–Crippen LogP) is 7.05. The molecular weight excluding hydrogens is 665 g/mol. The number of amides is 2. The highest BCUT2D eigenvalue weighted by Crippen LogP contribution is 2.37. The smallest absolute Gasteiger partial charge is 0.251 e. The van der Waals surface area contributed by atoms with Crippen LogP contribution in [0.3, 0.4) is 0 Å². The molecule has 5 aromatic rings. The number of rotatable bonds is 14. The Morgan fingerprint density at radius 1 is 0.939 bits per heavy atom. The molecule has 0 radical (unpaired) electrons. The molecule has 0 saturated heterocycles. The zero-order valence-corrected chi connectivity index (χ0v) is 29.3. The molecule has 2 heterocycles. The molecule has 12 heteroatoms. The number of halogens is 2. The third kappa shape index (κ3) is 8.57. The number of para-hydroxylation sites is 1. The number of imidazole rings is 1. The first-order chi connectivity index (χ1) is 23.5. The fourth-order valence-electron chi connectivity index (χ4n) is 5.28. The standard InChI is InChI=1S/C37H37Cl2N5O5/c1-23-20-32(49-22-33-41-18-19-43(33)3)27-6-5-7-31(36(27)42-23)48-21-28-29(38)15-16-30(35(28)39)44(4)34(46)17-14-26(45)13-10-24-8-11-25(12-9-24)37(47)40-2/h5-9,11-12,15-16,18-20H,10,13-14,17,21-22H2,1-4H3,(H,40,47). The molecule has 1 N–H and O–H groups in total. The number of hydrogen-bond donors (Lipinski definition) is 1. The highest BCUT2D eigenvalue weighted by Gasteiger charge is 2.20. The zero-order chi connectivity index (χ0) is 35.1. The molecule has 10 nitrogen and oxygen atoms in total. The van der Waals surface area contributed by atoms with Crippen LogP contribution in [-0.4, -0.2) is 46.2 Å². The Morgan fingerprint density at radius 3 is 2.41 bits per heavy atom. The van der Waals surface area contributed by atoms with E-state index in [4.69, 9.17) is 37.7 Å². The largest absolute Gasteiger partial charge is 0.487 e. The summed E-state index contributed by atoms with van der Waals surface area (Å²) in [5.41, 5.74) is 3.84. The van der Waals surface area contributed by atoms with Gasteiger partial charge in [-0.2, -0.15) is 0 Å². The predicted molar refractivity (Wildman–Crippen MR) is 191 cm³/mol. The van der Waals surface area contributed by atoms with E-state index in [1.165, 1.54) is 4.90 Å². The number of aryl methyl sites for hydroxylation is 3. The monoisotopic (exact) mass is 701 g/mol. The van der Waals surface area contributed by atoms with Crippen LogP contribution < -0.4 is 19.7 Å². The van der Waals surface area contributed by atoms with Gasteiger partial charge in [0.15, 0.2) is 0 Å². The van der Waals surface area contributed by atoms with Crippen LogP contribution in [0.25, 0.3) is 10.9 Å². The Morgan fingerprint density at radius 2 is 1.69 bits per heavy atom. The van der Waals surface area contributed by atoms with E-state index in [0.717, 1.165) is 22.5 Å². The van der Waals surface area contributed by atoms with Gasteiger partial charge in [-0.25, -0.2) is 9.97 Å². The van der Waals surface area contributed by atoms with Crippen molar-refractivity contribution in [3.05, 3.63) is 111 Å². The molecule has 0 aliphatic rings. The molecule has 0 spiro atoms. The number of pyridine rings is 1. The van der Waals surface area contributed by atoms with Crippen LogP contribution in [-0.2, 0) is 36.3 Å². The van der Waals surface area contributed by atoms with E-state index in [9.17, 15) is 14.4 Å². The van der Waals surface area contributed by atoms with Gasteiger partial charge in [-0.1, -0.05) is 41.4 Å². The molecule has 0 saturated carbocycles. The first-order valence-electron chi connectivity index (χ1n) is 15.7. The van der Waals surface area contributed by atoms with E-state index in [-0.39, 0.29) is 42.1 Å². The lowest BCUT2D eigenvalue weighted by Gasteiger charge is -2.21. The summed E-state index contributed by atoms with van der Waals surface area (Å²) in [6, 6.07) is 17.9. The number of fused-ring (bicyclic) bond motifs is 1. The van der Waals surface area contributed by atoms with Crippen molar-refractivity contribution in [2.24, 2.45) is 7.05 Å². The van der Waals surface area contributed by atoms with Crippen molar-refractivity contribution in [2.75, 3.05) is 19.0 Å². The van der Waals surface area contributed by atoms with Gasteiger partial charge < -0.3 is 24.3 Å². The number of carbonyl (C=O) groups is 3. The van der Waals surface area contributed by atoms with Crippen LogP contribution in [0.1, 0.15) is 52.3 Å². The lowest BCUT2D eigenvalue weighted by molar-refractivity contribution is -0.123. The van der Waals surface area contributed by atoms with Gasteiger partial charge >= 0.3 is 0 Å². The molecule has 5 rings (SSSR count). The van der Waals surface area contributed by atoms with Crippen molar-refractivity contribution in [1.29, 1.82) is 0 Å². The fourth-order valence-corrected chi connectivity index (χ4v) is 5.88. The van der Waals surface area contributed by atoms with Gasteiger partial charge in [-0.15, -0.1) is 0 Å². The second-order valence-electron chi connectivity index (χ2n) is 11.6. The molecule has 0 unspecified atom stereocenters. The maximum absolute atomic E-state index is 13.1. The average Bonchev–Trinajstić information content (AvgIpc) is 3.52. The van der Waals surface area contributed by atoms with E-state index < -0.39 is 0 Å². The average molecular weight is 703 g/mol. The molecule has 49 heavy (non-hydrogen) atoms. The molecular formula is C37H37Cl2N5O5. The van der Waals surface area contributed by atoms with Crippen molar-refractivity contribution < 1.29 is 23.9 Å². The van der Waals surface area contributed by atoms with Crippen molar-refractivity contribution in [3.63, 3.8) is 0 Å². The molecule has 0 aliphatic carbocycles. The van der Waals surface area contributed by atoms with Crippen molar-refractivity contribution in [3.8, 4) is 11.5 Å². The van der Waals surface area contributed by atoms with Gasteiger partial charge in [0.05, 0.1) is 10.7 Å². The maximum Gasteiger partial charge on any atom is 0.251 e. The van der Waals surface area contributed by atoms with E-state index in [1.807, 2.05) is 61.1 Å². The van der Waals surface area contributed by atoms with E-state index in [0.29, 0.717) is 58.3 Å². The highest BCUT2D eigenvalue weighted by molar-refractivity contribution is 6.38. The Bertz CT molecular complexity index is 1990. The van der Waals surface area contributed by atoms with Crippen LogP contribution in [0.2, 0.25) is 10.0 Å². The summed E-state index contributed by atoms with van der Waals surface area (Å²) in [6.45, 7) is 2.20. The molecule has 0 fully saturated rings. The molecule has 2 aromatic heterocycles. The first kappa shape index (κ1) is 35.4. The quantitative estimate of drug-likeness (QED) is 0.132. The summed E-state index contributed by atoms with van der Waals surface area (Å²) < 4.78 is 14.3. The van der Waals surface area contributed by atoms with Crippen molar-refractivity contribution in [1.82, 2.24) is 19.9 Å². The molecule has 0 bridgehead atoms. The molecule has 254 valence electrons. The third-order valence-electron chi connectivity index (χ3n) is 8.20.